The van der Waals surface area contributed by atoms with E-state index in [-0.39, 0.29) is 31.4 Å². The Kier molecular flexibility index (Phi) is 12.9. The van der Waals surface area contributed by atoms with E-state index in [4.69, 9.17) is 0 Å². The van der Waals surface area contributed by atoms with Gasteiger partial charge in [0.25, 0.3) is 5.56 Å². The Labute approximate surface area is 265 Å². The summed E-state index contributed by atoms with van der Waals surface area (Å²) in [4.78, 5) is 40.7. The number of hydrogen-bond acceptors (Lipinski definition) is 4. The number of nitrogens with one attached hydrogen (secondary N) is 1. The molecule has 0 saturated heterocycles. The Balaban J connectivity index is 0.00000675. The monoisotopic (exact) mass is 629 g/mol. The molecule has 2 aromatic carbocycles. The minimum absolute atomic E-state index is 0. The minimum atomic E-state index is -1.23. The number of rotatable bonds is 12. The normalized spacial score (nSPS) is 12.6. The zero-order valence-electron chi connectivity index (χ0n) is 26.8. The lowest BCUT2D eigenvalue weighted by Crippen LogP contribution is -2.41. The van der Waals surface area contributed by atoms with Gasteiger partial charge in [-0.25, -0.2) is 8.78 Å². The maximum Gasteiger partial charge on any atom is 0.305 e. The van der Waals surface area contributed by atoms with Gasteiger partial charge in [0.1, 0.15) is 11.9 Å². The van der Waals surface area contributed by atoms with Gasteiger partial charge in [0.05, 0.1) is 12.5 Å². The van der Waals surface area contributed by atoms with Gasteiger partial charge in [0.15, 0.2) is 5.82 Å². The van der Waals surface area contributed by atoms with Crippen LogP contribution in [0.25, 0.3) is 11.1 Å². The van der Waals surface area contributed by atoms with Crippen LogP contribution < -0.4 is 10.9 Å². The van der Waals surface area contributed by atoms with Gasteiger partial charge in [0.2, 0.25) is 5.91 Å². The van der Waals surface area contributed by atoms with Crippen molar-refractivity contribution in [3.63, 3.8) is 0 Å². The highest BCUT2D eigenvalue weighted by Crippen LogP contribution is 2.34. The topological polar surface area (TPSA) is 91.6 Å². The molecule has 240 valence electrons. The third-order valence-electron chi connectivity index (χ3n) is 7.56. The second kappa shape index (κ2) is 15.5. The Bertz CT molecular complexity index is 1550. The van der Waals surface area contributed by atoms with E-state index in [2.05, 4.69) is 5.32 Å². The zero-order chi connectivity index (χ0) is 32.2. The van der Waals surface area contributed by atoms with E-state index in [1.807, 2.05) is 65.7 Å². The van der Waals surface area contributed by atoms with Crippen LogP contribution in [0, 0.1) is 45.2 Å². The highest BCUT2D eigenvalue weighted by Gasteiger charge is 2.30. The smallest absolute Gasteiger partial charge is 0.305 e. The zero-order valence-corrected chi connectivity index (χ0v) is 27.8. The molecule has 44 heavy (non-hydrogen) atoms. The van der Waals surface area contributed by atoms with Gasteiger partial charge in [-0.2, -0.15) is 13.5 Å². The first kappa shape index (κ1) is 36.7. The van der Waals surface area contributed by atoms with Crippen molar-refractivity contribution >= 4 is 25.4 Å². The number of likely N-dealkylation sites (N-methyl/N-ethyl adjacent to an activating group) is 1. The van der Waals surface area contributed by atoms with Gasteiger partial charge in [-0.05, 0) is 112 Å². The van der Waals surface area contributed by atoms with Crippen LogP contribution in [0.2, 0.25) is 0 Å². The van der Waals surface area contributed by atoms with E-state index in [1.165, 1.54) is 12.3 Å². The summed E-state index contributed by atoms with van der Waals surface area (Å²) >= 11 is 0. The average Bonchev–Trinajstić information content (AvgIpc) is 2.88. The van der Waals surface area contributed by atoms with Crippen molar-refractivity contribution in [2.75, 3.05) is 20.6 Å². The molecule has 2 atom stereocenters. The number of halogens is 2. The van der Waals surface area contributed by atoms with E-state index in [1.54, 1.807) is 19.1 Å². The van der Waals surface area contributed by atoms with E-state index >= 15 is 4.39 Å². The molecule has 0 aliphatic heterocycles. The minimum Gasteiger partial charge on any atom is -0.481 e. The van der Waals surface area contributed by atoms with Gasteiger partial charge >= 0.3 is 5.97 Å². The van der Waals surface area contributed by atoms with Crippen LogP contribution in [-0.4, -0.2) is 47.1 Å². The first-order valence-corrected chi connectivity index (χ1v) is 14.5. The van der Waals surface area contributed by atoms with E-state index in [9.17, 15) is 23.9 Å². The van der Waals surface area contributed by atoms with Crippen molar-refractivity contribution in [2.24, 2.45) is 5.92 Å². The Morgan fingerprint density at radius 3 is 2.14 bits per heavy atom. The number of carbonyl (C=O) groups excluding carboxylic acids is 1. The summed E-state index contributed by atoms with van der Waals surface area (Å²) in [7, 11) is 3.75. The number of carbonyl (C=O) groups is 2. The van der Waals surface area contributed by atoms with Gasteiger partial charge in [-0.15, -0.1) is 0 Å². The predicted octanol–water partition coefficient (Wildman–Crippen LogP) is 6.16. The summed E-state index contributed by atoms with van der Waals surface area (Å²) in [6, 6.07) is 6.17. The standard InChI is InChI=1S/C34H43F2N3O4.H2S/c1-19(2)11-29(39-18-24(9-10-38(7)8)15-27(35)34(39)43)33(42)37-28(17-30(40)41)26-16-25(14-23(6)32(26)36)31-21(4)12-20(3)13-22(31)5;/h12-16,18-19,28-29H,9-11,17H2,1-8H3,(H,37,42)(H,40,41);1H2/t28-,29?;/m0./s1. The number of hydrogen-bond donors (Lipinski definition) is 2. The van der Waals surface area contributed by atoms with Crippen LogP contribution in [0.15, 0.2) is 41.3 Å². The maximum absolute atomic E-state index is 15.7. The molecule has 3 aromatic rings. The van der Waals surface area contributed by atoms with Crippen molar-refractivity contribution in [1.29, 1.82) is 0 Å². The molecule has 0 saturated carbocycles. The molecule has 3 rings (SSSR count). The number of aromatic nitrogens is 1. The van der Waals surface area contributed by atoms with Crippen LogP contribution in [0.5, 0.6) is 0 Å². The van der Waals surface area contributed by atoms with E-state index in [0.29, 0.717) is 29.7 Å². The van der Waals surface area contributed by atoms with Gasteiger partial charge < -0.3 is 19.9 Å². The van der Waals surface area contributed by atoms with Crippen LogP contribution in [0.3, 0.4) is 0 Å². The maximum atomic E-state index is 15.7. The number of benzene rings is 2. The molecule has 7 nitrogen and oxygen atoms in total. The molecule has 0 radical (unpaired) electrons. The Hall–Kier alpha value is -3.50. The van der Waals surface area contributed by atoms with Crippen molar-refractivity contribution in [1.82, 2.24) is 14.8 Å². The highest BCUT2D eigenvalue weighted by atomic mass is 32.1. The molecule has 0 bridgehead atoms. The van der Waals surface area contributed by atoms with Crippen molar-refractivity contribution in [3.8, 4) is 11.1 Å². The van der Waals surface area contributed by atoms with Gasteiger partial charge in [0, 0.05) is 18.3 Å². The second-order valence-electron chi connectivity index (χ2n) is 12.2. The number of nitrogens with zero attached hydrogens (tertiary/aromatic N) is 2. The molecular formula is C34H45F2N3O4S. The van der Waals surface area contributed by atoms with Crippen LogP contribution in [-0.2, 0) is 16.0 Å². The van der Waals surface area contributed by atoms with Crippen molar-refractivity contribution in [3.05, 3.63) is 91.9 Å². The third kappa shape index (κ3) is 9.01. The molecule has 1 amide bonds. The lowest BCUT2D eigenvalue weighted by Gasteiger charge is -2.26. The number of carboxylic acids is 1. The summed E-state index contributed by atoms with van der Waals surface area (Å²) < 4.78 is 31.6. The summed E-state index contributed by atoms with van der Waals surface area (Å²) in [5.74, 6) is -3.57. The molecule has 0 aliphatic carbocycles. The van der Waals surface area contributed by atoms with Crippen LogP contribution >= 0.6 is 13.5 Å². The van der Waals surface area contributed by atoms with Crippen LogP contribution in [0.4, 0.5) is 8.78 Å². The summed E-state index contributed by atoms with van der Waals surface area (Å²) in [5, 5.41) is 12.5. The van der Waals surface area contributed by atoms with Crippen LogP contribution in [0.1, 0.15) is 72.2 Å². The third-order valence-corrected chi connectivity index (χ3v) is 7.56. The summed E-state index contributed by atoms with van der Waals surface area (Å²) in [6.07, 6.45) is 1.54. The number of carboxylic acid groups (broad SMARTS) is 1. The molecule has 1 aromatic heterocycles. The second-order valence-corrected chi connectivity index (χ2v) is 12.2. The number of aliphatic carboxylic acids is 1. The predicted molar refractivity (Wildman–Crippen MR) is 176 cm³/mol. The first-order chi connectivity index (χ1) is 20.1. The fourth-order valence-electron chi connectivity index (χ4n) is 5.65. The van der Waals surface area contributed by atoms with E-state index < -0.39 is 47.6 Å². The first-order valence-electron chi connectivity index (χ1n) is 14.5. The molecule has 0 fully saturated rings. The molecule has 0 spiro atoms. The van der Waals surface area contributed by atoms with Crippen molar-refractivity contribution < 1.29 is 23.5 Å². The lowest BCUT2D eigenvalue weighted by atomic mass is 9.89. The van der Waals surface area contributed by atoms with Gasteiger partial charge in [-0.1, -0.05) is 31.5 Å². The van der Waals surface area contributed by atoms with Gasteiger partial charge in [-0.3, -0.25) is 14.4 Å². The SMILES string of the molecule is Cc1cc(C)c(-c2cc(C)c(F)c([C@H](CC(=O)O)NC(=O)C(CC(C)C)n3cc(CCN(C)C)cc(F)c3=O)c2)c(C)c1.S. The summed E-state index contributed by atoms with van der Waals surface area (Å²) in [6.45, 7) is 11.9. The quantitative estimate of drug-likeness (QED) is 0.250. The molecule has 1 unspecified atom stereocenters. The molecule has 10 heteroatoms. The number of aryl methyl sites for hydroxylation is 4. The Morgan fingerprint density at radius 2 is 1.59 bits per heavy atom. The highest BCUT2D eigenvalue weighted by molar-refractivity contribution is 7.59. The molecule has 1 heterocycles. The Morgan fingerprint density at radius 1 is 0.977 bits per heavy atom. The van der Waals surface area contributed by atoms with Crippen molar-refractivity contribution in [2.45, 2.75) is 72.9 Å². The fraction of sp³-hybridized carbons (Fsp3) is 0.441. The average molecular weight is 630 g/mol. The lowest BCUT2D eigenvalue weighted by molar-refractivity contribution is -0.138. The summed E-state index contributed by atoms with van der Waals surface area (Å²) in [5.41, 5.74) is 4.62. The molecule has 0 aliphatic rings. The number of pyridine rings is 1. The fourth-order valence-corrected chi connectivity index (χ4v) is 5.65. The van der Waals surface area contributed by atoms with E-state index in [0.717, 1.165) is 26.8 Å². The number of amides is 1. The molecule has 2 N–H and O–H groups in total. The largest absolute Gasteiger partial charge is 0.481 e. The molecular weight excluding hydrogens is 584 g/mol.